The molecule has 1 atom stereocenters. The molecule has 0 spiro atoms. The average Bonchev–Trinajstić information content (AvgIpc) is 2.88. The van der Waals surface area contributed by atoms with Crippen LogP contribution in [-0.2, 0) is 0 Å². The Kier molecular flexibility index (Phi) is 4.63. The zero-order valence-electron chi connectivity index (χ0n) is 11.3. The number of Topliss-reactive ketones (excluding diaryl/α,β-unsaturated/α-hetero) is 1. The first kappa shape index (κ1) is 14.1. The molecule has 19 heavy (non-hydrogen) atoms. The van der Waals surface area contributed by atoms with Gasteiger partial charge in [0.1, 0.15) is 11.4 Å². The minimum Gasteiger partial charge on any atom is -0.337 e. The topological polar surface area (TPSA) is 66.1 Å². The zero-order valence-corrected chi connectivity index (χ0v) is 12.1. The van der Waals surface area contributed by atoms with E-state index in [0.717, 1.165) is 25.3 Å². The van der Waals surface area contributed by atoms with Crippen LogP contribution in [-0.4, -0.2) is 51.9 Å². The summed E-state index contributed by atoms with van der Waals surface area (Å²) in [5.74, 6) is 1.48. The molecule has 0 bridgehead atoms. The summed E-state index contributed by atoms with van der Waals surface area (Å²) in [5, 5.41) is 6.52. The van der Waals surface area contributed by atoms with Gasteiger partial charge in [0.15, 0.2) is 5.78 Å². The Balaban J connectivity index is 2.03. The number of H-pyrrole nitrogens is 1. The largest absolute Gasteiger partial charge is 0.337 e. The van der Waals surface area contributed by atoms with Crippen molar-refractivity contribution in [1.29, 1.82) is 0 Å². The van der Waals surface area contributed by atoms with Crippen LogP contribution in [0.4, 0.5) is 0 Å². The Hall–Kier alpha value is -1.30. The first-order chi connectivity index (χ1) is 9.11. The summed E-state index contributed by atoms with van der Waals surface area (Å²) in [4.78, 5) is 25.4. The molecule has 0 aliphatic carbocycles. The van der Waals surface area contributed by atoms with E-state index in [2.05, 4.69) is 16.5 Å². The molecule has 0 unspecified atom stereocenters. The van der Waals surface area contributed by atoms with Crippen molar-refractivity contribution in [3.8, 4) is 0 Å². The molecule has 1 saturated heterocycles. The molecule has 1 amide bonds. The maximum atomic E-state index is 12.3. The van der Waals surface area contributed by atoms with Gasteiger partial charge in [0.05, 0.1) is 0 Å². The highest BCUT2D eigenvalue weighted by molar-refractivity contribution is 7.98. The van der Waals surface area contributed by atoms with E-state index in [4.69, 9.17) is 0 Å². The number of hydrogen-bond acceptors (Lipinski definition) is 4. The van der Waals surface area contributed by atoms with E-state index in [1.807, 2.05) is 16.7 Å². The predicted octanol–water partition coefficient (Wildman–Crippen LogP) is 1.83. The monoisotopic (exact) mass is 281 g/mol. The van der Waals surface area contributed by atoms with Gasteiger partial charge < -0.3 is 4.90 Å². The van der Waals surface area contributed by atoms with E-state index in [-0.39, 0.29) is 11.7 Å². The summed E-state index contributed by atoms with van der Waals surface area (Å²) in [6.45, 7) is 3.03. The number of hydrogen-bond donors (Lipinski definition) is 1. The van der Waals surface area contributed by atoms with Gasteiger partial charge in [-0.25, -0.2) is 0 Å². The molecule has 1 aromatic heterocycles. The summed E-state index contributed by atoms with van der Waals surface area (Å²) in [6, 6.07) is 1.54. The van der Waals surface area contributed by atoms with Crippen molar-refractivity contribution in [2.24, 2.45) is 5.92 Å². The van der Waals surface area contributed by atoms with Crippen LogP contribution < -0.4 is 0 Å². The first-order valence-electron chi connectivity index (χ1n) is 6.46. The number of aromatic amines is 1. The fraction of sp³-hybridized carbons (Fsp3) is 0.615. The molecular formula is C13H19N3O2S. The molecule has 1 aliphatic heterocycles. The molecule has 0 radical (unpaired) electrons. The quantitative estimate of drug-likeness (QED) is 0.855. The number of nitrogens with one attached hydrogen (secondary N) is 1. The summed E-state index contributed by atoms with van der Waals surface area (Å²) in [5.41, 5.74) is 0.732. The minimum atomic E-state index is -0.130. The SMILES string of the molecule is CSC[C@@H]1CCCN(C(=O)c2cc(C(C)=O)n[nH]2)C1. The second-order valence-electron chi connectivity index (χ2n) is 4.94. The van der Waals surface area contributed by atoms with E-state index in [1.165, 1.54) is 13.3 Å². The van der Waals surface area contributed by atoms with Crippen molar-refractivity contribution in [3.63, 3.8) is 0 Å². The summed E-state index contributed by atoms with van der Waals surface area (Å²) < 4.78 is 0. The van der Waals surface area contributed by atoms with Crippen molar-refractivity contribution < 1.29 is 9.59 Å². The van der Waals surface area contributed by atoms with Crippen molar-refractivity contribution in [2.45, 2.75) is 19.8 Å². The lowest BCUT2D eigenvalue weighted by atomic mass is 10.00. The smallest absolute Gasteiger partial charge is 0.271 e. The normalized spacial score (nSPS) is 19.5. The number of thioether (sulfide) groups is 1. The lowest BCUT2D eigenvalue weighted by Crippen LogP contribution is -2.40. The lowest BCUT2D eigenvalue weighted by Gasteiger charge is -2.32. The van der Waals surface area contributed by atoms with Crippen LogP contribution in [0, 0.1) is 5.92 Å². The van der Waals surface area contributed by atoms with Gasteiger partial charge in [0.25, 0.3) is 5.91 Å². The number of piperidine rings is 1. The molecule has 104 valence electrons. The molecule has 0 saturated carbocycles. The van der Waals surface area contributed by atoms with Gasteiger partial charge in [0.2, 0.25) is 0 Å². The third kappa shape index (κ3) is 3.37. The Morgan fingerprint density at radius 2 is 2.37 bits per heavy atom. The number of carbonyl (C=O) groups is 2. The summed E-state index contributed by atoms with van der Waals surface area (Å²) >= 11 is 1.82. The molecule has 6 heteroatoms. The fourth-order valence-electron chi connectivity index (χ4n) is 2.40. The van der Waals surface area contributed by atoms with Gasteiger partial charge in [-0.2, -0.15) is 16.9 Å². The molecule has 2 rings (SSSR count). The number of carbonyl (C=O) groups excluding carboxylic acids is 2. The third-order valence-corrected chi connectivity index (χ3v) is 4.18. The second-order valence-corrected chi connectivity index (χ2v) is 5.85. The van der Waals surface area contributed by atoms with Gasteiger partial charge >= 0.3 is 0 Å². The van der Waals surface area contributed by atoms with Crippen molar-refractivity contribution in [3.05, 3.63) is 17.5 Å². The maximum Gasteiger partial charge on any atom is 0.271 e. The highest BCUT2D eigenvalue weighted by Crippen LogP contribution is 2.21. The molecular weight excluding hydrogens is 262 g/mol. The first-order valence-corrected chi connectivity index (χ1v) is 7.85. The van der Waals surface area contributed by atoms with Crippen LogP contribution in [0.5, 0.6) is 0 Å². The standard InChI is InChI=1S/C13H19N3O2S/c1-9(17)11-6-12(15-14-11)13(18)16-5-3-4-10(7-16)8-19-2/h6,10H,3-5,7-8H2,1-2H3,(H,14,15)/t10-/m1/s1. The molecule has 1 N–H and O–H groups in total. The predicted molar refractivity (Wildman–Crippen MR) is 75.6 cm³/mol. The van der Waals surface area contributed by atoms with E-state index < -0.39 is 0 Å². The van der Waals surface area contributed by atoms with Gasteiger partial charge in [-0.3, -0.25) is 14.7 Å². The zero-order chi connectivity index (χ0) is 13.8. The Bertz CT molecular complexity index is 470. The summed E-state index contributed by atoms with van der Waals surface area (Å²) in [6.07, 6.45) is 4.33. The van der Waals surface area contributed by atoms with Crippen molar-refractivity contribution in [2.75, 3.05) is 25.1 Å². The number of rotatable bonds is 4. The van der Waals surface area contributed by atoms with Crippen LogP contribution >= 0.6 is 11.8 Å². The Morgan fingerprint density at radius 3 is 3.00 bits per heavy atom. The molecule has 1 fully saturated rings. The highest BCUT2D eigenvalue weighted by Gasteiger charge is 2.25. The van der Waals surface area contributed by atoms with Crippen LogP contribution in [0.25, 0.3) is 0 Å². The van der Waals surface area contributed by atoms with E-state index >= 15 is 0 Å². The number of amides is 1. The van der Waals surface area contributed by atoms with Crippen LogP contribution in [0.2, 0.25) is 0 Å². The molecule has 0 aromatic carbocycles. The fourth-order valence-corrected chi connectivity index (χ4v) is 3.15. The van der Waals surface area contributed by atoms with Gasteiger partial charge in [-0.15, -0.1) is 0 Å². The number of aromatic nitrogens is 2. The van der Waals surface area contributed by atoms with Crippen molar-refractivity contribution >= 4 is 23.5 Å². The van der Waals surface area contributed by atoms with Gasteiger partial charge in [-0.05, 0) is 36.8 Å². The minimum absolute atomic E-state index is 0.0502. The van der Waals surface area contributed by atoms with Crippen molar-refractivity contribution in [1.82, 2.24) is 15.1 Å². The Labute approximate surface area is 117 Å². The summed E-state index contributed by atoms with van der Waals surface area (Å²) in [7, 11) is 0. The van der Waals surface area contributed by atoms with E-state index in [1.54, 1.807) is 6.07 Å². The molecule has 2 heterocycles. The van der Waals surface area contributed by atoms with Crippen LogP contribution in [0.15, 0.2) is 6.07 Å². The highest BCUT2D eigenvalue weighted by atomic mass is 32.2. The van der Waals surface area contributed by atoms with Crippen LogP contribution in [0.3, 0.4) is 0 Å². The lowest BCUT2D eigenvalue weighted by molar-refractivity contribution is 0.0679. The van der Waals surface area contributed by atoms with Gasteiger partial charge in [-0.1, -0.05) is 0 Å². The number of likely N-dealkylation sites (tertiary alicyclic amines) is 1. The van der Waals surface area contributed by atoms with Crippen LogP contribution in [0.1, 0.15) is 40.7 Å². The maximum absolute atomic E-state index is 12.3. The molecule has 5 nitrogen and oxygen atoms in total. The second kappa shape index (κ2) is 6.23. The van der Waals surface area contributed by atoms with E-state index in [0.29, 0.717) is 17.3 Å². The molecule has 1 aromatic rings. The Morgan fingerprint density at radius 1 is 1.58 bits per heavy atom. The van der Waals surface area contributed by atoms with Gasteiger partial charge in [0, 0.05) is 20.0 Å². The number of ketones is 1. The third-order valence-electron chi connectivity index (χ3n) is 3.38. The molecule has 1 aliphatic rings. The van der Waals surface area contributed by atoms with E-state index in [9.17, 15) is 9.59 Å². The average molecular weight is 281 g/mol. The number of nitrogens with zero attached hydrogens (tertiary/aromatic N) is 2.